The average Bonchev–Trinajstić information content (AvgIpc) is 3.65. The first kappa shape index (κ1) is 27.4. The predicted molar refractivity (Wildman–Crippen MR) is 152 cm³/mol. The van der Waals surface area contributed by atoms with E-state index < -0.39 is 11.7 Å². The van der Waals surface area contributed by atoms with Crippen LogP contribution in [0.4, 0.5) is 0 Å². The van der Waals surface area contributed by atoms with Crippen molar-refractivity contribution >= 4 is 11.8 Å². The standard InChI is InChI=1S/C34H43NO6/c1-32-19-28(36)29(41-16-5-15-35-30(37)23-6-3-4-7-24(23)31(35)38)18-21(32)8-9-25-26(32)10-13-33(2)27(25)11-14-34(33,39)22-12-17-40-20-22/h3-4,6-7,12,17,20-21,25-29,36,39H,5,8-11,13-16,18-19H2,1-2H3/t21?,25-,26-,27+,28?,29?,32+,33+,34?/m1/s1. The van der Waals surface area contributed by atoms with E-state index in [9.17, 15) is 19.8 Å². The number of ether oxygens (including phenoxy) is 1. The maximum atomic E-state index is 12.7. The van der Waals surface area contributed by atoms with Gasteiger partial charge in [-0.2, -0.15) is 0 Å². The fraction of sp³-hybridized carbons (Fsp3) is 0.647. The van der Waals surface area contributed by atoms with Crippen molar-refractivity contribution in [3.05, 3.63) is 59.5 Å². The lowest BCUT2D eigenvalue weighted by Gasteiger charge is -2.62. The van der Waals surface area contributed by atoms with Crippen molar-refractivity contribution in [2.45, 2.75) is 89.4 Å². The molecule has 7 rings (SSSR count). The lowest BCUT2D eigenvalue weighted by atomic mass is 9.44. The lowest BCUT2D eigenvalue weighted by molar-refractivity contribution is -0.186. The lowest BCUT2D eigenvalue weighted by Crippen LogP contribution is -2.58. The summed E-state index contributed by atoms with van der Waals surface area (Å²) in [5.41, 5.74) is 0.966. The summed E-state index contributed by atoms with van der Waals surface area (Å²) in [7, 11) is 0. The molecule has 2 N–H and O–H groups in total. The van der Waals surface area contributed by atoms with Crippen LogP contribution in [0.3, 0.4) is 0 Å². The van der Waals surface area contributed by atoms with Crippen LogP contribution in [0.1, 0.15) is 97.9 Å². The number of rotatable bonds is 6. The number of hydrogen-bond acceptors (Lipinski definition) is 6. The Morgan fingerprint density at radius 2 is 1.73 bits per heavy atom. The topological polar surface area (TPSA) is 100 Å². The average molecular weight is 562 g/mol. The summed E-state index contributed by atoms with van der Waals surface area (Å²) < 4.78 is 11.6. The number of amides is 2. The number of hydrogen-bond donors (Lipinski definition) is 2. The maximum absolute atomic E-state index is 12.7. The van der Waals surface area contributed by atoms with Crippen LogP contribution >= 0.6 is 0 Å². The van der Waals surface area contributed by atoms with Gasteiger partial charge in [-0.3, -0.25) is 14.5 Å². The first-order valence-electron chi connectivity index (χ1n) is 15.7. The zero-order valence-corrected chi connectivity index (χ0v) is 24.3. The molecule has 0 saturated heterocycles. The molecule has 1 aromatic heterocycles. The highest BCUT2D eigenvalue weighted by molar-refractivity contribution is 6.21. The molecule has 4 fully saturated rings. The first-order chi connectivity index (χ1) is 19.7. The molecule has 2 heterocycles. The molecule has 2 amide bonds. The van der Waals surface area contributed by atoms with Crippen molar-refractivity contribution in [2.75, 3.05) is 13.2 Å². The van der Waals surface area contributed by atoms with E-state index >= 15 is 0 Å². The van der Waals surface area contributed by atoms with Gasteiger partial charge in [0.05, 0.1) is 41.5 Å². The quantitative estimate of drug-likeness (QED) is 0.354. The van der Waals surface area contributed by atoms with E-state index in [1.54, 1.807) is 36.8 Å². The van der Waals surface area contributed by atoms with Gasteiger partial charge in [0.1, 0.15) is 0 Å². The Morgan fingerprint density at radius 3 is 2.44 bits per heavy atom. The third kappa shape index (κ3) is 3.95. The van der Waals surface area contributed by atoms with Crippen molar-refractivity contribution in [3.63, 3.8) is 0 Å². The monoisotopic (exact) mass is 561 g/mol. The molecule has 0 bridgehead atoms. The van der Waals surface area contributed by atoms with E-state index in [4.69, 9.17) is 9.15 Å². The number of aliphatic hydroxyl groups excluding tert-OH is 1. The highest BCUT2D eigenvalue weighted by Crippen LogP contribution is 2.70. The SMILES string of the molecule is C[C@]12CC(O)C(OCCCN3C(=O)c4ccccc4C3=O)CC1CC[C@@H]1[C@H]2CC[C@@]2(C)[C@H]1CCC2(O)c1ccoc1. The molecule has 0 spiro atoms. The van der Waals surface area contributed by atoms with Gasteiger partial charge in [0.15, 0.2) is 0 Å². The Labute approximate surface area is 242 Å². The Bertz CT molecular complexity index is 1290. The van der Waals surface area contributed by atoms with E-state index in [1.807, 2.05) is 6.07 Å². The van der Waals surface area contributed by atoms with E-state index in [1.165, 1.54) is 11.3 Å². The van der Waals surface area contributed by atoms with Crippen LogP contribution in [0.15, 0.2) is 47.3 Å². The molecular weight excluding hydrogens is 518 g/mol. The number of carbonyl (C=O) groups is 2. The second-order valence-electron chi connectivity index (χ2n) is 14.1. The fourth-order valence-corrected chi connectivity index (χ4v) is 10.3. The highest BCUT2D eigenvalue weighted by atomic mass is 16.5. The number of imide groups is 1. The van der Waals surface area contributed by atoms with Gasteiger partial charge in [0.25, 0.3) is 11.8 Å². The van der Waals surface area contributed by atoms with Crippen molar-refractivity contribution in [2.24, 2.45) is 34.5 Å². The predicted octanol–water partition coefficient (Wildman–Crippen LogP) is 5.55. The van der Waals surface area contributed by atoms with Crippen LogP contribution in [0.2, 0.25) is 0 Å². The number of benzene rings is 1. The van der Waals surface area contributed by atoms with Gasteiger partial charge >= 0.3 is 0 Å². The van der Waals surface area contributed by atoms with Crippen molar-refractivity contribution in [1.29, 1.82) is 0 Å². The van der Waals surface area contributed by atoms with Crippen LogP contribution in [-0.2, 0) is 10.3 Å². The molecule has 9 atom stereocenters. The van der Waals surface area contributed by atoms with Crippen molar-refractivity contribution in [1.82, 2.24) is 4.90 Å². The number of nitrogens with zero attached hydrogens (tertiary/aromatic N) is 1. The number of fused-ring (bicyclic) bond motifs is 6. The van der Waals surface area contributed by atoms with Crippen LogP contribution in [0.25, 0.3) is 0 Å². The molecule has 5 aliphatic rings. The molecule has 2 aromatic rings. The Kier molecular flexibility index (Phi) is 6.53. The van der Waals surface area contributed by atoms with Crippen LogP contribution in [0, 0.1) is 34.5 Å². The Morgan fingerprint density at radius 1 is 1.00 bits per heavy atom. The summed E-state index contributed by atoms with van der Waals surface area (Å²) in [5, 5.41) is 23.3. The minimum absolute atomic E-state index is 0.0695. The third-order valence-electron chi connectivity index (χ3n) is 12.5. The molecule has 0 radical (unpaired) electrons. The third-order valence-corrected chi connectivity index (χ3v) is 12.5. The summed E-state index contributed by atoms with van der Waals surface area (Å²) in [6.07, 6.45) is 11.1. The van der Waals surface area contributed by atoms with Gasteiger partial charge in [0, 0.05) is 24.1 Å². The van der Waals surface area contributed by atoms with Gasteiger partial charge in [-0.1, -0.05) is 26.0 Å². The van der Waals surface area contributed by atoms with E-state index in [-0.39, 0.29) is 28.7 Å². The van der Waals surface area contributed by atoms with Crippen LogP contribution in [-0.4, -0.2) is 52.3 Å². The largest absolute Gasteiger partial charge is 0.472 e. The Balaban J connectivity index is 0.976. The van der Waals surface area contributed by atoms with Gasteiger partial charge in [-0.25, -0.2) is 0 Å². The molecule has 220 valence electrons. The maximum Gasteiger partial charge on any atom is 0.261 e. The van der Waals surface area contributed by atoms with Gasteiger partial charge in [-0.05, 0) is 105 Å². The van der Waals surface area contributed by atoms with Gasteiger partial charge < -0.3 is 19.4 Å². The minimum Gasteiger partial charge on any atom is -0.472 e. The molecule has 4 saturated carbocycles. The molecule has 1 aromatic carbocycles. The van der Waals surface area contributed by atoms with Crippen LogP contribution < -0.4 is 0 Å². The second-order valence-corrected chi connectivity index (χ2v) is 14.1. The molecule has 4 aliphatic carbocycles. The van der Waals surface area contributed by atoms with Gasteiger partial charge in [-0.15, -0.1) is 0 Å². The summed E-state index contributed by atoms with van der Waals surface area (Å²) in [6.45, 7) is 5.46. The molecule has 7 heteroatoms. The molecule has 4 unspecified atom stereocenters. The number of aliphatic hydroxyl groups is 2. The van der Waals surface area contributed by atoms with Gasteiger partial charge in [0.2, 0.25) is 0 Å². The highest BCUT2D eigenvalue weighted by Gasteiger charge is 2.65. The normalized spacial score (nSPS) is 41.6. The first-order valence-corrected chi connectivity index (χ1v) is 15.7. The summed E-state index contributed by atoms with van der Waals surface area (Å²) in [6, 6.07) is 8.91. The molecular formula is C34H43NO6. The fourth-order valence-electron chi connectivity index (χ4n) is 10.3. The summed E-state index contributed by atoms with van der Waals surface area (Å²) in [4.78, 5) is 26.6. The number of furan rings is 1. The van der Waals surface area contributed by atoms with Crippen molar-refractivity contribution in [3.8, 4) is 0 Å². The Hall–Kier alpha value is -2.48. The number of carbonyl (C=O) groups excluding carboxylic acids is 2. The summed E-state index contributed by atoms with van der Waals surface area (Å²) >= 11 is 0. The van der Waals surface area contributed by atoms with E-state index in [0.717, 1.165) is 50.5 Å². The van der Waals surface area contributed by atoms with E-state index in [2.05, 4.69) is 13.8 Å². The zero-order chi connectivity index (χ0) is 28.6. The zero-order valence-electron chi connectivity index (χ0n) is 24.3. The van der Waals surface area contributed by atoms with Crippen molar-refractivity contribution < 1.29 is 29.0 Å². The smallest absolute Gasteiger partial charge is 0.261 e. The molecule has 7 nitrogen and oxygen atoms in total. The minimum atomic E-state index is -0.828. The van der Waals surface area contributed by atoms with E-state index in [0.29, 0.717) is 54.4 Å². The summed E-state index contributed by atoms with van der Waals surface area (Å²) in [5.74, 6) is 1.64. The molecule has 1 aliphatic heterocycles. The second kappa shape index (κ2) is 9.78. The molecule has 41 heavy (non-hydrogen) atoms. The van der Waals surface area contributed by atoms with Crippen LogP contribution in [0.5, 0.6) is 0 Å².